The number of aromatic amines is 2. The molecule has 2 aromatic carbocycles. The zero-order valence-electron chi connectivity index (χ0n) is 20.4. The molecule has 4 saturated carbocycles. The number of aromatic nitrogens is 5. The summed E-state index contributed by atoms with van der Waals surface area (Å²) in [6, 6.07) is 13.2. The maximum Gasteiger partial charge on any atom is 0.141 e. The molecule has 4 fully saturated rings. The molecule has 5 nitrogen and oxygen atoms in total. The van der Waals surface area contributed by atoms with Gasteiger partial charge < -0.3 is 9.97 Å². The molecule has 0 atom stereocenters. The molecule has 4 heterocycles. The van der Waals surface area contributed by atoms with Gasteiger partial charge in [-0.05, 0) is 98.7 Å². The van der Waals surface area contributed by atoms with Crippen LogP contribution in [0, 0.1) is 23.6 Å². The van der Waals surface area contributed by atoms with E-state index in [9.17, 15) is 4.39 Å². The standard InChI is InChI=1S/C31H26FN5/c32-19-5-6-23-22(12-19)24(29(35-23)31-13-16-9-17(14-31)11-18(10-16)15-31)30-36-27-20-3-1-7-33-25(20)26-21(28(27)37-30)4-2-8-34-26/h1-8,12,16-18,35H,9-11,13-15H2,(H,36,37). The zero-order valence-corrected chi connectivity index (χ0v) is 20.4. The van der Waals surface area contributed by atoms with Gasteiger partial charge in [-0.15, -0.1) is 0 Å². The number of nitrogens with zero attached hydrogens (tertiary/aromatic N) is 3. The molecule has 4 aliphatic rings. The summed E-state index contributed by atoms with van der Waals surface area (Å²) >= 11 is 0. The number of fused-ring (bicyclic) bond motifs is 7. The van der Waals surface area contributed by atoms with E-state index < -0.39 is 0 Å². The van der Waals surface area contributed by atoms with Crippen molar-refractivity contribution < 1.29 is 4.39 Å². The van der Waals surface area contributed by atoms with Gasteiger partial charge in [-0.2, -0.15) is 0 Å². The number of benzene rings is 2. The molecule has 6 aromatic rings. The smallest absolute Gasteiger partial charge is 0.141 e. The van der Waals surface area contributed by atoms with Crippen molar-refractivity contribution in [3.63, 3.8) is 0 Å². The van der Waals surface area contributed by atoms with Crippen molar-refractivity contribution in [2.45, 2.75) is 43.9 Å². The van der Waals surface area contributed by atoms with Crippen LogP contribution in [0.1, 0.15) is 44.2 Å². The Kier molecular flexibility index (Phi) is 3.80. The maximum absolute atomic E-state index is 14.7. The largest absolute Gasteiger partial charge is 0.357 e. The van der Waals surface area contributed by atoms with Gasteiger partial charge in [0.2, 0.25) is 0 Å². The van der Waals surface area contributed by atoms with Crippen molar-refractivity contribution in [3.8, 4) is 11.4 Å². The summed E-state index contributed by atoms with van der Waals surface area (Å²) in [5.41, 5.74) is 6.98. The molecule has 0 saturated heterocycles. The summed E-state index contributed by atoms with van der Waals surface area (Å²) in [7, 11) is 0. The number of imidazole rings is 1. The lowest BCUT2D eigenvalue weighted by atomic mass is 9.48. The van der Waals surface area contributed by atoms with Crippen molar-refractivity contribution in [2.24, 2.45) is 17.8 Å². The van der Waals surface area contributed by atoms with Crippen molar-refractivity contribution in [2.75, 3.05) is 0 Å². The third kappa shape index (κ3) is 2.70. The van der Waals surface area contributed by atoms with Gasteiger partial charge in [0.05, 0.1) is 22.1 Å². The molecule has 0 radical (unpaired) electrons. The van der Waals surface area contributed by atoms with Crippen molar-refractivity contribution >= 4 is 43.7 Å². The van der Waals surface area contributed by atoms with Crippen LogP contribution in [-0.4, -0.2) is 24.9 Å². The van der Waals surface area contributed by atoms with Gasteiger partial charge in [-0.3, -0.25) is 9.97 Å². The number of halogens is 1. The number of hydrogen-bond donors (Lipinski definition) is 2. The normalized spacial score (nSPS) is 26.8. The number of rotatable bonds is 2. The summed E-state index contributed by atoms with van der Waals surface area (Å²) < 4.78 is 14.7. The van der Waals surface area contributed by atoms with Crippen LogP contribution in [0.25, 0.3) is 55.1 Å². The monoisotopic (exact) mass is 487 g/mol. The lowest BCUT2D eigenvalue weighted by molar-refractivity contribution is -0.00662. The molecular formula is C31H26FN5. The fourth-order valence-electron chi connectivity index (χ4n) is 8.69. The maximum atomic E-state index is 14.7. The number of hydrogen-bond acceptors (Lipinski definition) is 3. The van der Waals surface area contributed by atoms with Gasteiger partial charge in [0.15, 0.2) is 0 Å². The highest BCUT2D eigenvalue weighted by atomic mass is 19.1. The molecule has 0 unspecified atom stereocenters. The highest BCUT2D eigenvalue weighted by Crippen LogP contribution is 2.62. The lowest BCUT2D eigenvalue weighted by Crippen LogP contribution is -2.48. The average Bonchev–Trinajstić information content (AvgIpc) is 3.50. The third-order valence-corrected chi connectivity index (χ3v) is 9.63. The van der Waals surface area contributed by atoms with Gasteiger partial charge in [0.1, 0.15) is 11.6 Å². The predicted octanol–water partition coefficient (Wildman–Crippen LogP) is 7.41. The molecule has 2 N–H and O–H groups in total. The summed E-state index contributed by atoms with van der Waals surface area (Å²) in [6.45, 7) is 0. The van der Waals surface area contributed by atoms with E-state index >= 15 is 0 Å². The van der Waals surface area contributed by atoms with E-state index in [0.29, 0.717) is 0 Å². The van der Waals surface area contributed by atoms with E-state index in [0.717, 1.165) is 72.9 Å². The van der Waals surface area contributed by atoms with Crippen LogP contribution in [0.2, 0.25) is 0 Å². The second-order valence-corrected chi connectivity index (χ2v) is 11.9. The van der Waals surface area contributed by atoms with Crippen molar-refractivity contribution in [1.29, 1.82) is 0 Å². The minimum atomic E-state index is -0.217. The van der Waals surface area contributed by atoms with E-state index in [2.05, 4.69) is 32.1 Å². The van der Waals surface area contributed by atoms with Gasteiger partial charge in [0.25, 0.3) is 0 Å². The molecule has 4 aromatic heterocycles. The third-order valence-electron chi connectivity index (χ3n) is 9.63. The Hall–Kier alpha value is -3.80. The van der Waals surface area contributed by atoms with Gasteiger partial charge >= 0.3 is 0 Å². The fourth-order valence-corrected chi connectivity index (χ4v) is 8.69. The summed E-state index contributed by atoms with van der Waals surface area (Å²) in [4.78, 5) is 22.1. The molecule has 10 rings (SSSR count). The molecule has 4 aliphatic carbocycles. The first-order valence-corrected chi connectivity index (χ1v) is 13.5. The Morgan fingerprint density at radius 1 is 0.757 bits per heavy atom. The highest BCUT2D eigenvalue weighted by Gasteiger charge is 2.53. The molecule has 0 aliphatic heterocycles. The Morgan fingerprint density at radius 3 is 2.16 bits per heavy atom. The topological polar surface area (TPSA) is 70.2 Å². The zero-order chi connectivity index (χ0) is 24.3. The fraction of sp³-hybridized carbons (Fsp3) is 0.323. The first-order chi connectivity index (χ1) is 18.1. The Labute approximate surface area is 212 Å². The van der Waals surface area contributed by atoms with Gasteiger partial charge in [0, 0.05) is 50.7 Å². The summed E-state index contributed by atoms with van der Waals surface area (Å²) in [6.07, 6.45) is 11.4. The van der Waals surface area contributed by atoms with E-state index in [1.807, 2.05) is 30.6 Å². The van der Waals surface area contributed by atoms with Crippen LogP contribution < -0.4 is 0 Å². The summed E-state index contributed by atoms with van der Waals surface area (Å²) in [5, 5.41) is 2.90. The van der Waals surface area contributed by atoms with Crippen LogP contribution in [0.5, 0.6) is 0 Å². The van der Waals surface area contributed by atoms with Crippen LogP contribution in [-0.2, 0) is 5.41 Å². The SMILES string of the molecule is Fc1ccc2[nH]c(C34CC5CC(CC(C5)C3)C4)c(-c3nc4c5cccnc5c5ncccc5c4[nH]3)c2c1. The van der Waals surface area contributed by atoms with E-state index in [-0.39, 0.29) is 11.2 Å². The van der Waals surface area contributed by atoms with Crippen LogP contribution in [0.4, 0.5) is 4.39 Å². The highest BCUT2D eigenvalue weighted by molar-refractivity contribution is 6.21. The van der Waals surface area contributed by atoms with Gasteiger partial charge in [-0.1, -0.05) is 0 Å². The second-order valence-electron chi connectivity index (χ2n) is 11.9. The lowest BCUT2D eigenvalue weighted by Gasteiger charge is -2.56. The Balaban J connectivity index is 1.37. The van der Waals surface area contributed by atoms with Crippen molar-refractivity contribution in [3.05, 3.63) is 66.4 Å². The van der Waals surface area contributed by atoms with Crippen molar-refractivity contribution in [1.82, 2.24) is 24.9 Å². The Morgan fingerprint density at radius 2 is 1.43 bits per heavy atom. The summed E-state index contributed by atoms with van der Waals surface area (Å²) in [5.74, 6) is 3.01. The van der Waals surface area contributed by atoms with Crippen LogP contribution >= 0.6 is 0 Å². The average molecular weight is 488 g/mol. The van der Waals surface area contributed by atoms with E-state index in [1.54, 1.807) is 12.1 Å². The minimum Gasteiger partial charge on any atom is -0.357 e. The number of pyridine rings is 2. The van der Waals surface area contributed by atoms with E-state index in [4.69, 9.17) is 4.98 Å². The molecule has 182 valence electrons. The Bertz CT molecular complexity index is 1790. The van der Waals surface area contributed by atoms with Gasteiger partial charge in [-0.25, -0.2) is 9.37 Å². The quantitative estimate of drug-likeness (QED) is 0.250. The molecule has 37 heavy (non-hydrogen) atoms. The first-order valence-electron chi connectivity index (χ1n) is 13.5. The molecule has 4 bridgehead atoms. The second kappa shape index (κ2) is 6.94. The predicted molar refractivity (Wildman–Crippen MR) is 144 cm³/mol. The molecule has 6 heteroatoms. The van der Waals surface area contributed by atoms with Crippen LogP contribution in [0.15, 0.2) is 54.9 Å². The molecule has 0 amide bonds. The minimum absolute atomic E-state index is 0.117. The molecular weight excluding hydrogens is 461 g/mol. The molecule has 0 spiro atoms. The van der Waals surface area contributed by atoms with E-state index in [1.165, 1.54) is 44.2 Å². The van der Waals surface area contributed by atoms with Crippen LogP contribution in [0.3, 0.4) is 0 Å². The first kappa shape index (κ1) is 20.3. The number of nitrogens with one attached hydrogen (secondary N) is 2. The number of H-pyrrole nitrogens is 2.